The molecule has 0 aromatic rings. The average molecular weight is 496 g/mol. The van der Waals surface area contributed by atoms with Crippen LogP contribution in [0.25, 0.3) is 0 Å². The summed E-state index contributed by atoms with van der Waals surface area (Å²) >= 11 is 0. The molecule has 0 saturated carbocycles. The minimum absolute atomic E-state index is 0.0965. The van der Waals surface area contributed by atoms with Gasteiger partial charge in [0.1, 0.15) is 12.7 Å². The van der Waals surface area contributed by atoms with Gasteiger partial charge in [0.25, 0.3) is 0 Å². The molecule has 0 spiro atoms. The summed E-state index contributed by atoms with van der Waals surface area (Å²) in [6.45, 7) is 1.76. The van der Waals surface area contributed by atoms with Crippen LogP contribution in [0.15, 0.2) is 0 Å². The number of carbonyl (C=O) groups excluding carboxylic acids is 1. The van der Waals surface area contributed by atoms with Crippen LogP contribution in [0.4, 0.5) is 0 Å². The highest BCUT2D eigenvalue weighted by Gasteiger charge is 2.24. The molecule has 0 saturated heterocycles. The van der Waals surface area contributed by atoms with E-state index < -0.39 is 21.0 Å². The molecule has 0 fully saturated rings. The fourth-order valence-electron chi connectivity index (χ4n) is 3.32. The first-order chi connectivity index (χ1) is 16.1. The van der Waals surface area contributed by atoms with Crippen LogP contribution in [0, 0.1) is 0 Å². The molecule has 2 N–H and O–H groups in total. The molecule has 2 atom stereocenters. The lowest BCUT2D eigenvalue weighted by molar-refractivity contribution is -0.212. The minimum Gasteiger partial charge on any atom is -0.466 e. The Morgan fingerprint density at radius 1 is 0.788 bits per heavy atom. The highest BCUT2D eigenvalue weighted by molar-refractivity contribution is 7.33. The van der Waals surface area contributed by atoms with E-state index in [1.165, 1.54) is 83.5 Å². The van der Waals surface area contributed by atoms with Crippen molar-refractivity contribution in [2.24, 2.45) is 0 Å². The van der Waals surface area contributed by atoms with Gasteiger partial charge in [0.05, 0.1) is 24.5 Å². The maximum atomic E-state index is 11.7. The van der Waals surface area contributed by atoms with E-state index in [9.17, 15) is 9.36 Å². The van der Waals surface area contributed by atoms with E-state index in [-0.39, 0.29) is 25.8 Å². The Bertz CT molecular complexity index is 450. The van der Waals surface area contributed by atoms with E-state index in [2.05, 4.69) is 21.0 Å². The number of ether oxygens (including phenoxy) is 1. The quantitative estimate of drug-likeness (QED) is 0.0483. The molecule has 2 unspecified atom stereocenters. The Morgan fingerprint density at radius 3 is 1.82 bits per heavy atom. The summed E-state index contributed by atoms with van der Waals surface area (Å²) in [7, 11) is -2.53. The van der Waals surface area contributed by atoms with Gasteiger partial charge in [-0.25, -0.2) is 0 Å². The molecule has 0 heterocycles. The van der Waals surface area contributed by atoms with Crippen molar-refractivity contribution in [2.45, 2.75) is 122 Å². The smallest absolute Gasteiger partial charge is 0.466 e. The molecule has 0 bridgehead atoms. The summed E-state index contributed by atoms with van der Waals surface area (Å²) in [5.41, 5.74) is 0. The second-order valence-electron chi connectivity index (χ2n) is 8.53. The number of esters is 1. The van der Waals surface area contributed by atoms with Crippen molar-refractivity contribution >= 4 is 14.2 Å². The molecule has 0 amide bonds. The van der Waals surface area contributed by atoms with E-state index in [4.69, 9.17) is 14.9 Å². The molecule has 33 heavy (non-hydrogen) atoms. The summed E-state index contributed by atoms with van der Waals surface area (Å²) in [5, 5.41) is 17.6. The van der Waals surface area contributed by atoms with Crippen LogP contribution in [0.3, 0.4) is 0 Å². The van der Waals surface area contributed by atoms with Crippen molar-refractivity contribution in [1.82, 2.24) is 0 Å². The van der Waals surface area contributed by atoms with Gasteiger partial charge in [-0.2, -0.15) is 4.89 Å². The average Bonchev–Trinajstić information content (AvgIpc) is 2.82. The van der Waals surface area contributed by atoms with Crippen LogP contribution < -0.4 is 0 Å². The van der Waals surface area contributed by atoms with Crippen LogP contribution >= 0.6 is 8.25 Å². The highest BCUT2D eigenvalue weighted by atomic mass is 31.1. The summed E-state index contributed by atoms with van der Waals surface area (Å²) in [6.07, 6.45) is 19.1. The van der Waals surface area contributed by atoms with Gasteiger partial charge in [-0.05, 0) is 6.42 Å². The van der Waals surface area contributed by atoms with Gasteiger partial charge >= 0.3 is 14.2 Å². The molecule has 196 valence electrons. The van der Waals surface area contributed by atoms with Crippen LogP contribution in [0.2, 0.25) is 0 Å². The first-order valence-electron chi connectivity index (χ1n) is 12.9. The number of hydrogen-bond acceptors (Lipinski definition) is 8. The van der Waals surface area contributed by atoms with Crippen molar-refractivity contribution in [3.8, 4) is 0 Å². The molecular weight excluding hydrogens is 447 g/mol. The Hall–Kier alpha value is -0.630. The number of carbonyl (C=O) groups is 1. The number of aliphatic hydroxyl groups is 2. The van der Waals surface area contributed by atoms with Crippen LogP contribution in [0.1, 0.15) is 116 Å². The molecule has 0 aliphatic heterocycles. The number of aliphatic hydroxyl groups excluding tert-OH is 2. The van der Waals surface area contributed by atoms with E-state index >= 15 is 0 Å². The monoisotopic (exact) mass is 495 g/mol. The third kappa shape index (κ3) is 25.8. The lowest BCUT2D eigenvalue weighted by Gasteiger charge is -2.05. The first kappa shape index (κ1) is 32.4. The number of hydrogen-bond donors (Lipinski definition) is 2. The first-order valence-corrected chi connectivity index (χ1v) is 14.0. The SMILES string of the molecule is CCCCCCCCCCCCCCCCCC(=O)OCCCOO[P+](=O)OCC(O)CO. The van der Waals surface area contributed by atoms with Gasteiger partial charge in [-0.1, -0.05) is 96.8 Å². The second-order valence-corrected chi connectivity index (χ2v) is 9.38. The topological polar surface area (TPSA) is 112 Å². The van der Waals surface area contributed by atoms with Crippen LogP contribution in [0.5, 0.6) is 0 Å². The van der Waals surface area contributed by atoms with Crippen molar-refractivity contribution in [2.75, 3.05) is 26.4 Å². The predicted octanol–water partition coefficient (Wildman–Crippen LogP) is 6.16. The summed E-state index contributed by atoms with van der Waals surface area (Å²) < 4.78 is 25.4. The summed E-state index contributed by atoms with van der Waals surface area (Å²) in [6, 6.07) is 0. The van der Waals surface area contributed by atoms with Gasteiger partial charge < -0.3 is 14.9 Å². The molecule has 0 radical (unpaired) electrons. The van der Waals surface area contributed by atoms with Gasteiger partial charge in [0, 0.05) is 17.4 Å². The standard InChI is InChI=1S/C24H48O8P/c1-2-3-4-5-6-7-8-9-10-11-12-13-14-15-16-18-24(27)29-19-17-20-30-32-33(28)31-22-23(26)21-25/h23,25-26H,2-22H2,1H3/q+1. The molecule has 8 nitrogen and oxygen atoms in total. The Labute approximate surface area is 201 Å². The Kier molecular flexibility index (Phi) is 25.5. The molecule has 0 aromatic heterocycles. The third-order valence-corrected chi connectivity index (χ3v) is 5.90. The predicted molar refractivity (Wildman–Crippen MR) is 129 cm³/mol. The molecule has 0 aromatic carbocycles. The largest absolute Gasteiger partial charge is 0.728 e. The van der Waals surface area contributed by atoms with E-state index in [0.717, 1.165) is 12.8 Å². The van der Waals surface area contributed by atoms with Crippen molar-refractivity contribution < 1.29 is 38.4 Å². The van der Waals surface area contributed by atoms with Crippen LogP contribution in [-0.4, -0.2) is 48.7 Å². The van der Waals surface area contributed by atoms with Gasteiger partial charge in [-0.3, -0.25) is 4.79 Å². The fraction of sp³-hybridized carbons (Fsp3) is 0.958. The van der Waals surface area contributed by atoms with Crippen LogP contribution in [-0.2, 0) is 28.2 Å². The zero-order chi connectivity index (χ0) is 24.4. The normalized spacial score (nSPS) is 12.6. The van der Waals surface area contributed by atoms with Crippen molar-refractivity contribution in [3.05, 3.63) is 0 Å². The van der Waals surface area contributed by atoms with E-state index in [0.29, 0.717) is 12.8 Å². The maximum Gasteiger partial charge on any atom is 0.728 e. The number of unbranched alkanes of at least 4 members (excludes halogenated alkanes) is 14. The lowest BCUT2D eigenvalue weighted by atomic mass is 10.0. The highest BCUT2D eigenvalue weighted by Crippen LogP contribution is 2.24. The Morgan fingerprint density at radius 2 is 1.30 bits per heavy atom. The van der Waals surface area contributed by atoms with E-state index in [1.807, 2.05) is 0 Å². The van der Waals surface area contributed by atoms with Crippen molar-refractivity contribution in [1.29, 1.82) is 0 Å². The molecule has 0 rings (SSSR count). The zero-order valence-electron chi connectivity index (χ0n) is 20.7. The third-order valence-electron chi connectivity index (χ3n) is 5.32. The van der Waals surface area contributed by atoms with Gasteiger partial charge in [0.15, 0.2) is 0 Å². The zero-order valence-corrected chi connectivity index (χ0v) is 21.6. The fourth-order valence-corrected chi connectivity index (χ4v) is 3.82. The van der Waals surface area contributed by atoms with E-state index in [1.54, 1.807) is 0 Å². The molecule has 9 heteroatoms. The van der Waals surface area contributed by atoms with Gasteiger partial charge in [0.2, 0.25) is 0 Å². The number of rotatable bonds is 26. The lowest BCUT2D eigenvalue weighted by Crippen LogP contribution is -2.17. The maximum absolute atomic E-state index is 11.7. The summed E-state index contributed by atoms with van der Waals surface area (Å²) in [4.78, 5) is 16.4. The molecule has 0 aliphatic rings. The molecule has 0 aliphatic carbocycles. The Balaban J connectivity index is 3.25. The van der Waals surface area contributed by atoms with Gasteiger partial charge in [-0.15, -0.1) is 4.52 Å². The summed E-state index contributed by atoms with van der Waals surface area (Å²) in [5.74, 6) is -0.210. The second kappa shape index (κ2) is 26.0. The minimum atomic E-state index is -2.53. The molecular formula is C24H48O8P+. The van der Waals surface area contributed by atoms with Crippen molar-refractivity contribution in [3.63, 3.8) is 0 Å².